The van der Waals surface area contributed by atoms with Gasteiger partial charge in [0, 0.05) is 0 Å². The van der Waals surface area contributed by atoms with Gasteiger partial charge in [-0.1, -0.05) is 19.8 Å². The zero-order valence-corrected chi connectivity index (χ0v) is 10.9. The summed E-state index contributed by atoms with van der Waals surface area (Å²) in [7, 11) is 0. The van der Waals surface area contributed by atoms with Gasteiger partial charge in [0.2, 0.25) is 11.8 Å². The lowest BCUT2D eigenvalue weighted by Crippen LogP contribution is -2.11. The maximum atomic E-state index is 5.93. The number of hydrogen-bond acceptors (Lipinski definition) is 5. The highest BCUT2D eigenvalue weighted by molar-refractivity contribution is 5.55. The number of nitrogen functional groups attached to an aromatic ring is 1. The highest BCUT2D eigenvalue weighted by Gasteiger charge is 2.17. The summed E-state index contributed by atoms with van der Waals surface area (Å²) in [6.45, 7) is 3.33. The molecule has 5 nitrogen and oxygen atoms in total. The molecule has 1 saturated carbocycles. The summed E-state index contributed by atoms with van der Waals surface area (Å²) in [4.78, 5) is 8.09. The lowest BCUT2D eigenvalue weighted by Gasteiger charge is -2.13. The molecule has 5 heteroatoms. The first-order chi connectivity index (χ1) is 8.81. The smallest absolute Gasteiger partial charge is 0.244 e. The number of nitrogens with zero attached hydrogens (tertiary/aromatic N) is 2. The highest BCUT2D eigenvalue weighted by atomic mass is 16.5. The SMILES string of the molecule is CCCOc1ncnc(OCC2CCCC2)c1N. The molecular formula is C13H21N3O2. The van der Waals surface area contributed by atoms with Gasteiger partial charge in [-0.3, -0.25) is 0 Å². The Morgan fingerprint density at radius 2 is 1.89 bits per heavy atom. The Kier molecular flexibility index (Phi) is 4.61. The van der Waals surface area contributed by atoms with Crippen LogP contribution in [0.15, 0.2) is 6.33 Å². The summed E-state index contributed by atoms with van der Waals surface area (Å²) in [6, 6.07) is 0. The van der Waals surface area contributed by atoms with Crippen molar-refractivity contribution in [1.82, 2.24) is 9.97 Å². The molecule has 18 heavy (non-hydrogen) atoms. The molecule has 0 atom stereocenters. The van der Waals surface area contributed by atoms with E-state index in [9.17, 15) is 0 Å². The van der Waals surface area contributed by atoms with Gasteiger partial charge in [0.1, 0.15) is 6.33 Å². The minimum atomic E-state index is 0.406. The monoisotopic (exact) mass is 251 g/mol. The average molecular weight is 251 g/mol. The second-order valence-corrected chi connectivity index (χ2v) is 4.71. The van der Waals surface area contributed by atoms with Crippen molar-refractivity contribution >= 4 is 5.69 Å². The Bertz CT molecular complexity index is 378. The lowest BCUT2D eigenvalue weighted by molar-refractivity contribution is 0.241. The summed E-state index contributed by atoms with van der Waals surface area (Å²) in [5, 5.41) is 0. The first-order valence-electron chi connectivity index (χ1n) is 6.67. The van der Waals surface area contributed by atoms with Gasteiger partial charge in [0.05, 0.1) is 13.2 Å². The maximum Gasteiger partial charge on any atom is 0.244 e. The van der Waals surface area contributed by atoms with Gasteiger partial charge < -0.3 is 15.2 Å². The molecule has 2 N–H and O–H groups in total. The third-order valence-corrected chi connectivity index (χ3v) is 3.18. The maximum absolute atomic E-state index is 5.93. The molecule has 0 bridgehead atoms. The minimum Gasteiger partial charge on any atom is -0.476 e. The predicted octanol–water partition coefficient (Wildman–Crippen LogP) is 2.42. The second kappa shape index (κ2) is 6.42. The van der Waals surface area contributed by atoms with E-state index in [2.05, 4.69) is 9.97 Å². The van der Waals surface area contributed by atoms with Crippen LogP contribution < -0.4 is 15.2 Å². The van der Waals surface area contributed by atoms with Gasteiger partial charge in [-0.05, 0) is 25.2 Å². The fourth-order valence-electron chi connectivity index (χ4n) is 2.17. The summed E-state index contributed by atoms with van der Waals surface area (Å²) in [5.41, 5.74) is 6.34. The van der Waals surface area contributed by atoms with Crippen molar-refractivity contribution < 1.29 is 9.47 Å². The van der Waals surface area contributed by atoms with E-state index in [1.54, 1.807) is 0 Å². The Balaban J connectivity index is 1.94. The first-order valence-corrected chi connectivity index (χ1v) is 6.67. The van der Waals surface area contributed by atoms with Crippen molar-refractivity contribution in [3.8, 4) is 11.8 Å². The average Bonchev–Trinajstić information content (AvgIpc) is 2.89. The molecule has 0 aliphatic heterocycles. The highest BCUT2D eigenvalue weighted by Crippen LogP contribution is 2.29. The minimum absolute atomic E-state index is 0.406. The van der Waals surface area contributed by atoms with Gasteiger partial charge in [0.25, 0.3) is 0 Å². The summed E-state index contributed by atoms with van der Waals surface area (Å²) in [6.07, 6.45) is 7.44. The third-order valence-electron chi connectivity index (χ3n) is 3.18. The van der Waals surface area contributed by atoms with E-state index in [-0.39, 0.29) is 0 Å². The van der Waals surface area contributed by atoms with Gasteiger partial charge in [-0.15, -0.1) is 0 Å². The molecule has 0 saturated heterocycles. The summed E-state index contributed by atoms with van der Waals surface area (Å²) >= 11 is 0. The molecule has 1 aliphatic carbocycles. The van der Waals surface area contributed by atoms with Crippen LogP contribution in [0.25, 0.3) is 0 Å². The number of aromatic nitrogens is 2. The van der Waals surface area contributed by atoms with Crippen molar-refractivity contribution in [2.24, 2.45) is 5.92 Å². The molecule has 0 aromatic carbocycles. The Morgan fingerprint density at radius 3 is 2.56 bits per heavy atom. The number of rotatable bonds is 6. The largest absolute Gasteiger partial charge is 0.476 e. The number of nitrogens with two attached hydrogens (primary N) is 1. The molecule has 0 amide bonds. The predicted molar refractivity (Wildman–Crippen MR) is 69.7 cm³/mol. The number of ether oxygens (including phenoxy) is 2. The Morgan fingerprint density at radius 1 is 1.22 bits per heavy atom. The molecule has 1 aliphatic rings. The Hall–Kier alpha value is -1.52. The Labute approximate surface area is 108 Å². The molecule has 100 valence electrons. The number of hydrogen-bond donors (Lipinski definition) is 1. The molecule has 0 radical (unpaired) electrons. The fraction of sp³-hybridized carbons (Fsp3) is 0.692. The zero-order chi connectivity index (χ0) is 12.8. The standard InChI is InChI=1S/C13H21N3O2/c1-2-7-17-12-11(14)13(16-9-15-12)18-8-10-5-3-4-6-10/h9-10H,2-8,14H2,1H3. The molecule has 1 aromatic rings. The van der Waals surface area contributed by atoms with Crippen molar-refractivity contribution in [2.75, 3.05) is 18.9 Å². The van der Waals surface area contributed by atoms with Crippen LogP contribution in [0.4, 0.5) is 5.69 Å². The van der Waals surface area contributed by atoms with Crippen LogP contribution in [0, 0.1) is 5.92 Å². The first kappa shape index (κ1) is 12.9. The van der Waals surface area contributed by atoms with E-state index in [1.807, 2.05) is 6.92 Å². The molecule has 0 spiro atoms. The number of anilines is 1. The lowest BCUT2D eigenvalue weighted by atomic mass is 10.1. The van der Waals surface area contributed by atoms with E-state index in [1.165, 1.54) is 32.0 Å². The van der Waals surface area contributed by atoms with Crippen molar-refractivity contribution in [3.63, 3.8) is 0 Å². The second-order valence-electron chi connectivity index (χ2n) is 4.71. The topological polar surface area (TPSA) is 70.3 Å². The van der Waals surface area contributed by atoms with Crippen LogP contribution in [0.2, 0.25) is 0 Å². The van der Waals surface area contributed by atoms with E-state index in [0.717, 1.165) is 6.42 Å². The molecule has 1 heterocycles. The molecule has 0 unspecified atom stereocenters. The van der Waals surface area contributed by atoms with E-state index in [4.69, 9.17) is 15.2 Å². The van der Waals surface area contributed by atoms with E-state index >= 15 is 0 Å². The quantitative estimate of drug-likeness (QED) is 0.840. The van der Waals surface area contributed by atoms with Gasteiger partial charge in [-0.2, -0.15) is 9.97 Å². The van der Waals surface area contributed by atoms with Crippen molar-refractivity contribution in [1.29, 1.82) is 0 Å². The van der Waals surface area contributed by atoms with Gasteiger partial charge >= 0.3 is 0 Å². The van der Waals surface area contributed by atoms with Crippen LogP contribution in [0.5, 0.6) is 11.8 Å². The molecular weight excluding hydrogens is 230 g/mol. The van der Waals surface area contributed by atoms with Crippen molar-refractivity contribution in [2.45, 2.75) is 39.0 Å². The van der Waals surface area contributed by atoms with Crippen molar-refractivity contribution in [3.05, 3.63) is 6.33 Å². The summed E-state index contributed by atoms with van der Waals surface area (Å²) in [5.74, 6) is 1.51. The molecule has 1 fully saturated rings. The van der Waals surface area contributed by atoms with Crippen LogP contribution in [0.3, 0.4) is 0 Å². The van der Waals surface area contributed by atoms with Crippen LogP contribution in [-0.2, 0) is 0 Å². The van der Waals surface area contributed by atoms with Gasteiger partial charge in [0.15, 0.2) is 5.69 Å². The molecule has 1 aromatic heterocycles. The van der Waals surface area contributed by atoms with Crippen LogP contribution >= 0.6 is 0 Å². The summed E-state index contributed by atoms with van der Waals surface area (Å²) < 4.78 is 11.1. The van der Waals surface area contributed by atoms with Crippen LogP contribution in [-0.4, -0.2) is 23.2 Å². The van der Waals surface area contributed by atoms with Crippen LogP contribution in [0.1, 0.15) is 39.0 Å². The van der Waals surface area contributed by atoms with E-state index < -0.39 is 0 Å². The fourth-order valence-corrected chi connectivity index (χ4v) is 2.17. The zero-order valence-electron chi connectivity index (χ0n) is 10.9. The van der Waals surface area contributed by atoms with E-state index in [0.29, 0.717) is 36.6 Å². The van der Waals surface area contributed by atoms with Gasteiger partial charge in [-0.25, -0.2) is 0 Å². The normalized spacial score (nSPS) is 15.8. The third kappa shape index (κ3) is 3.24. The molecule has 2 rings (SSSR count).